The van der Waals surface area contributed by atoms with Crippen molar-refractivity contribution in [3.63, 3.8) is 0 Å². The summed E-state index contributed by atoms with van der Waals surface area (Å²) in [5.74, 6) is 0. The van der Waals surface area contributed by atoms with Crippen LogP contribution in [0, 0.1) is 22.7 Å². The number of nitrogens with zero attached hydrogens (tertiary/aromatic N) is 2. The lowest BCUT2D eigenvalue weighted by atomic mass is 10.0. The highest BCUT2D eigenvalue weighted by Gasteiger charge is 2.18. The molecule has 1 aromatic carbocycles. The van der Waals surface area contributed by atoms with Crippen LogP contribution in [0.4, 0.5) is 0 Å². The normalized spacial score (nSPS) is 13.7. The molecule has 2 N–H and O–H groups in total. The zero-order chi connectivity index (χ0) is 11.4. The fourth-order valence-electron chi connectivity index (χ4n) is 1.10. The molecule has 0 radical (unpaired) electrons. The van der Waals surface area contributed by atoms with Crippen molar-refractivity contribution >= 4 is 11.6 Å². The van der Waals surface area contributed by atoms with E-state index in [9.17, 15) is 5.11 Å². The molecular formula is C10H7ClN2O2. The largest absolute Gasteiger partial charge is 0.385 e. The first-order chi connectivity index (χ1) is 7.08. The van der Waals surface area contributed by atoms with E-state index in [-0.39, 0.29) is 16.1 Å². The van der Waals surface area contributed by atoms with E-state index in [1.807, 2.05) is 6.07 Å². The SMILES string of the molecule is N#Cc1cc(Cl)cc(C(O)C(O)C#N)c1. The summed E-state index contributed by atoms with van der Waals surface area (Å²) in [7, 11) is 0. The molecule has 0 spiro atoms. The van der Waals surface area contributed by atoms with Crippen molar-refractivity contribution in [3.05, 3.63) is 34.3 Å². The van der Waals surface area contributed by atoms with Gasteiger partial charge in [-0.05, 0) is 23.8 Å². The third-order valence-electron chi connectivity index (χ3n) is 1.82. The molecule has 0 aliphatic rings. The van der Waals surface area contributed by atoms with Gasteiger partial charge < -0.3 is 10.2 Å². The van der Waals surface area contributed by atoms with Gasteiger partial charge in [0.25, 0.3) is 0 Å². The first-order valence-corrected chi connectivity index (χ1v) is 4.42. The summed E-state index contributed by atoms with van der Waals surface area (Å²) in [6, 6.07) is 7.56. The predicted octanol–water partition coefficient (Wildman–Crippen LogP) is 1.13. The number of hydrogen-bond acceptors (Lipinski definition) is 4. The minimum atomic E-state index is -1.53. The maximum atomic E-state index is 9.49. The molecule has 0 bridgehead atoms. The lowest BCUT2D eigenvalue weighted by molar-refractivity contribution is 0.0528. The van der Waals surface area contributed by atoms with Crippen LogP contribution in [0.3, 0.4) is 0 Å². The van der Waals surface area contributed by atoms with Crippen molar-refractivity contribution in [3.8, 4) is 12.1 Å². The second kappa shape index (κ2) is 4.77. The third kappa shape index (κ3) is 2.68. The summed E-state index contributed by atoms with van der Waals surface area (Å²) in [5, 5.41) is 35.9. The van der Waals surface area contributed by atoms with E-state index in [1.54, 1.807) is 0 Å². The molecule has 0 heterocycles. The lowest BCUT2D eigenvalue weighted by Crippen LogP contribution is -2.15. The molecule has 0 fully saturated rings. The van der Waals surface area contributed by atoms with E-state index in [4.69, 9.17) is 27.2 Å². The minimum Gasteiger partial charge on any atom is -0.385 e. The van der Waals surface area contributed by atoms with E-state index < -0.39 is 12.2 Å². The van der Waals surface area contributed by atoms with E-state index >= 15 is 0 Å². The van der Waals surface area contributed by atoms with Crippen molar-refractivity contribution in [1.82, 2.24) is 0 Å². The molecule has 0 aromatic heterocycles. The summed E-state index contributed by atoms with van der Waals surface area (Å²) in [4.78, 5) is 0. The fraction of sp³-hybridized carbons (Fsp3) is 0.200. The molecule has 15 heavy (non-hydrogen) atoms. The average Bonchev–Trinajstić information content (AvgIpc) is 2.26. The Bertz CT molecular complexity index is 448. The number of aliphatic hydroxyl groups is 2. The fourth-order valence-corrected chi connectivity index (χ4v) is 1.34. The number of rotatable bonds is 2. The van der Waals surface area contributed by atoms with E-state index in [1.165, 1.54) is 24.3 Å². The lowest BCUT2D eigenvalue weighted by Gasteiger charge is -2.12. The van der Waals surface area contributed by atoms with Crippen molar-refractivity contribution in [2.45, 2.75) is 12.2 Å². The van der Waals surface area contributed by atoms with Crippen molar-refractivity contribution in [2.75, 3.05) is 0 Å². The minimum absolute atomic E-state index is 0.244. The van der Waals surface area contributed by atoms with Crippen LogP contribution in [0.15, 0.2) is 18.2 Å². The Morgan fingerprint density at radius 1 is 1.20 bits per heavy atom. The van der Waals surface area contributed by atoms with Crippen LogP contribution in [0.2, 0.25) is 5.02 Å². The summed E-state index contributed by atoms with van der Waals surface area (Å²) in [5.41, 5.74) is 0.509. The van der Waals surface area contributed by atoms with Gasteiger partial charge >= 0.3 is 0 Å². The molecule has 5 heteroatoms. The third-order valence-corrected chi connectivity index (χ3v) is 2.04. The van der Waals surface area contributed by atoms with Crippen LogP contribution in [0.25, 0.3) is 0 Å². The standard InChI is InChI=1S/C10H7ClN2O2/c11-8-2-6(4-12)1-7(3-8)10(15)9(14)5-13/h1-3,9-10,14-15H. The Hall–Kier alpha value is -1.59. The Kier molecular flexibility index (Phi) is 3.65. The molecule has 1 rings (SSSR count). The van der Waals surface area contributed by atoms with Gasteiger partial charge in [-0.1, -0.05) is 11.6 Å². The van der Waals surface area contributed by atoms with Gasteiger partial charge in [0.1, 0.15) is 6.10 Å². The highest BCUT2D eigenvalue weighted by Crippen LogP contribution is 2.22. The summed E-state index contributed by atoms with van der Waals surface area (Å²) in [6.45, 7) is 0. The number of nitriles is 2. The smallest absolute Gasteiger partial charge is 0.170 e. The molecule has 0 saturated carbocycles. The molecule has 0 aliphatic heterocycles. The first kappa shape index (κ1) is 11.5. The topological polar surface area (TPSA) is 88.0 Å². The summed E-state index contributed by atoms with van der Waals surface area (Å²) in [6.07, 6.45) is -2.89. The molecule has 1 aromatic rings. The molecular weight excluding hydrogens is 216 g/mol. The van der Waals surface area contributed by atoms with E-state index in [2.05, 4.69) is 0 Å². The molecule has 76 valence electrons. The van der Waals surface area contributed by atoms with Crippen molar-refractivity contribution in [2.24, 2.45) is 0 Å². The van der Waals surface area contributed by atoms with Gasteiger partial charge in [0, 0.05) is 5.02 Å². The zero-order valence-corrected chi connectivity index (χ0v) is 8.31. The summed E-state index contributed by atoms with van der Waals surface area (Å²) < 4.78 is 0. The van der Waals surface area contributed by atoms with Crippen LogP contribution in [-0.2, 0) is 0 Å². The van der Waals surface area contributed by atoms with Crippen LogP contribution in [-0.4, -0.2) is 16.3 Å². The Labute approximate surface area is 91.6 Å². The van der Waals surface area contributed by atoms with Crippen LogP contribution < -0.4 is 0 Å². The maximum absolute atomic E-state index is 9.49. The highest BCUT2D eigenvalue weighted by atomic mass is 35.5. The Balaban J connectivity index is 3.11. The van der Waals surface area contributed by atoms with Crippen LogP contribution in [0.1, 0.15) is 17.2 Å². The van der Waals surface area contributed by atoms with Gasteiger partial charge in [0.2, 0.25) is 0 Å². The highest BCUT2D eigenvalue weighted by molar-refractivity contribution is 6.30. The quantitative estimate of drug-likeness (QED) is 0.735. The molecule has 0 aliphatic carbocycles. The Morgan fingerprint density at radius 3 is 2.40 bits per heavy atom. The molecule has 0 amide bonds. The zero-order valence-electron chi connectivity index (χ0n) is 7.55. The molecule has 4 nitrogen and oxygen atoms in total. The summed E-state index contributed by atoms with van der Waals surface area (Å²) >= 11 is 5.69. The monoisotopic (exact) mass is 222 g/mol. The van der Waals surface area contributed by atoms with Crippen molar-refractivity contribution in [1.29, 1.82) is 10.5 Å². The second-order valence-electron chi connectivity index (χ2n) is 2.90. The van der Waals surface area contributed by atoms with Gasteiger partial charge in [0.05, 0.1) is 17.7 Å². The number of halogens is 1. The van der Waals surface area contributed by atoms with Gasteiger partial charge in [-0.15, -0.1) is 0 Å². The van der Waals surface area contributed by atoms with Gasteiger partial charge in [-0.25, -0.2) is 0 Å². The van der Waals surface area contributed by atoms with Crippen molar-refractivity contribution < 1.29 is 10.2 Å². The van der Waals surface area contributed by atoms with Gasteiger partial charge in [-0.2, -0.15) is 10.5 Å². The average molecular weight is 223 g/mol. The van der Waals surface area contributed by atoms with E-state index in [0.717, 1.165) is 0 Å². The second-order valence-corrected chi connectivity index (χ2v) is 3.34. The molecule has 0 saturated heterocycles. The Morgan fingerprint density at radius 2 is 1.87 bits per heavy atom. The van der Waals surface area contributed by atoms with Gasteiger partial charge in [-0.3, -0.25) is 0 Å². The first-order valence-electron chi connectivity index (χ1n) is 4.05. The predicted molar refractivity (Wildman–Crippen MR) is 52.7 cm³/mol. The number of hydrogen-bond donors (Lipinski definition) is 2. The molecule has 2 atom stereocenters. The maximum Gasteiger partial charge on any atom is 0.170 e. The van der Waals surface area contributed by atoms with Crippen LogP contribution in [0.5, 0.6) is 0 Å². The van der Waals surface area contributed by atoms with E-state index in [0.29, 0.717) is 0 Å². The number of benzene rings is 1. The number of aliphatic hydroxyl groups excluding tert-OH is 2. The molecule has 2 unspecified atom stereocenters. The van der Waals surface area contributed by atoms with Crippen LogP contribution >= 0.6 is 11.6 Å². The van der Waals surface area contributed by atoms with Gasteiger partial charge in [0.15, 0.2) is 6.10 Å².